The standard InChI is InChI=1S/C22H21F3O5/c1-13-11-15(12-14(2)19(13)30-21(3,4)20(27)28)9-10-17(26)16-7-5-6-8-18(16)29-22(23,24)25/h5-12H,1-4H3,(H,27,28). The van der Waals surface area contributed by atoms with E-state index in [4.69, 9.17) is 4.74 Å². The molecule has 0 aliphatic carbocycles. The highest BCUT2D eigenvalue weighted by molar-refractivity contribution is 6.08. The lowest BCUT2D eigenvalue weighted by Gasteiger charge is -2.24. The predicted molar refractivity (Wildman–Crippen MR) is 105 cm³/mol. The fourth-order valence-electron chi connectivity index (χ4n) is 2.69. The van der Waals surface area contributed by atoms with E-state index in [1.807, 2.05) is 0 Å². The van der Waals surface area contributed by atoms with Gasteiger partial charge in [-0.1, -0.05) is 18.2 Å². The van der Waals surface area contributed by atoms with Crippen molar-refractivity contribution in [1.82, 2.24) is 0 Å². The summed E-state index contributed by atoms with van der Waals surface area (Å²) in [6, 6.07) is 8.46. The van der Waals surface area contributed by atoms with Gasteiger partial charge < -0.3 is 14.6 Å². The van der Waals surface area contributed by atoms with E-state index in [1.165, 1.54) is 38.1 Å². The SMILES string of the molecule is Cc1cc(C=CC(=O)c2ccccc2OC(F)(F)F)cc(C)c1OC(C)(C)C(=O)O. The fraction of sp³-hybridized carbons (Fsp3) is 0.273. The van der Waals surface area contributed by atoms with Gasteiger partial charge in [-0.2, -0.15) is 0 Å². The summed E-state index contributed by atoms with van der Waals surface area (Å²) in [6.45, 7) is 6.32. The number of ketones is 1. The molecule has 0 atom stereocenters. The van der Waals surface area contributed by atoms with Gasteiger partial charge in [0.05, 0.1) is 5.56 Å². The smallest absolute Gasteiger partial charge is 0.478 e. The van der Waals surface area contributed by atoms with Crippen LogP contribution < -0.4 is 9.47 Å². The van der Waals surface area contributed by atoms with Crippen LogP contribution in [0.3, 0.4) is 0 Å². The number of para-hydroxylation sites is 1. The molecule has 8 heteroatoms. The predicted octanol–water partition coefficient (Wildman–Crippen LogP) is 5.34. The van der Waals surface area contributed by atoms with Crippen LogP contribution in [0.2, 0.25) is 0 Å². The number of carbonyl (C=O) groups is 2. The Bertz CT molecular complexity index is 968. The molecular formula is C22H21F3O5. The molecule has 0 aliphatic rings. The molecule has 1 N–H and O–H groups in total. The molecule has 2 aromatic carbocycles. The zero-order valence-electron chi connectivity index (χ0n) is 16.8. The molecule has 0 fully saturated rings. The number of carboxylic acids is 1. The van der Waals surface area contributed by atoms with Gasteiger partial charge in [0, 0.05) is 0 Å². The Morgan fingerprint density at radius 1 is 1.00 bits per heavy atom. The Morgan fingerprint density at radius 3 is 2.10 bits per heavy atom. The van der Waals surface area contributed by atoms with E-state index in [0.717, 1.165) is 12.1 Å². The van der Waals surface area contributed by atoms with E-state index in [9.17, 15) is 27.9 Å². The third-order valence-corrected chi connectivity index (χ3v) is 4.16. The Labute approximate surface area is 171 Å². The first-order valence-corrected chi connectivity index (χ1v) is 8.91. The summed E-state index contributed by atoms with van der Waals surface area (Å²) in [4.78, 5) is 23.7. The van der Waals surface area contributed by atoms with Crippen LogP contribution in [0.25, 0.3) is 6.08 Å². The molecule has 2 aromatic rings. The van der Waals surface area contributed by atoms with E-state index >= 15 is 0 Å². The van der Waals surface area contributed by atoms with E-state index in [2.05, 4.69) is 4.74 Å². The van der Waals surface area contributed by atoms with E-state index in [0.29, 0.717) is 22.4 Å². The van der Waals surface area contributed by atoms with Crippen LogP contribution >= 0.6 is 0 Å². The summed E-state index contributed by atoms with van der Waals surface area (Å²) >= 11 is 0. The molecule has 5 nitrogen and oxygen atoms in total. The van der Waals surface area contributed by atoms with Gasteiger partial charge in [0.2, 0.25) is 0 Å². The van der Waals surface area contributed by atoms with Crippen LogP contribution in [0.15, 0.2) is 42.5 Å². The molecule has 0 saturated heterocycles. The summed E-state index contributed by atoms with van der Waals surface area (Å²) in [6.07, 6.45) is -2.30. The Balaban J connectivity index is 2.27. The lowest BCUT2D eigenvalue weighted by Crippen LogP contribution is -2.38. The number of carboxylic acid groups (broad SMARTS) is 1. The van der Waals surface area contributed by atoms with Crippen LogP contribution in [0.4, 0.5) is 13.2 Å². The largest absolute Gasteiger partial charge is 0.573 e. The number of ether oxygens (including phenoxy) is 2. The molecule has 0 aliphatic heterocycles. The number of carbonyl (C=O) groups excluding carboxylic acids is 1. The summed E-state index contributed by atoms with van der Waals surface area (Å²) in [5.74, 6) is -1.94. The lowest BCUT2D eigenvalue weighted by molar-refractivity contribution is -0.274. The second-order valence-corrected chi connectivity index (χ2v) is 7.14. The minimum Gasteiger partial charge on any atom is -0.478 e. The minimum absolute atomic E-state index is 0.220. The van der Waals surface area contributed by atoms with Gasteiger partial charge in [0.15, 0.2) is 11.4 Å². The molecule has 0 bridgehead atoms. The number of hydrogen-bond donors (Lipinski definition) is 1. The summed E-state index contributed by atoms with van der Waals surface area (Å²) < 4.78 is 47.1. The number of allylic oxidation sites excluding steroid dienone is 1. The summed E-state index contributed by atoms with van der Waals surface area (Å²) in [5.41, 5.74) is 0.260. The van der Waals surface area contributed by atoms with Gasteiger partial charge in [-0.05, 0) is 74.7 Å². The summed E-state index contributed by atoms with van der Waals surface area (Å²) in [5, 5.41) is 9.23. The van der Waals surface area contributed by atoms with E-state index < -0.39 is 29.5 Å². The van der Waals surface area contributed by atoms with Gasteiger partial charge in [0.1, 0.15) is 11.5 Å². The number of aliphatic carboxylic acids is 1. The monoisotopic (exact) mass is 422 g/mol. The molecule has 0 aromatic heterocycles. The third-order valence-electron chi connectivity index (χ3n) is 4.16. The molecule has 30 heavy (non-hydrogen) atoms. The number of aryl methyl sites for hydroxylation is 2. The quantitative estimate of drug-likeness (QED) is 0.482. The van der Waals surface area contributed by atoms with Gasteiger partial charge in [-0.15, -0.1) is 13.2 Å². The zero-order chi connectivity index (χ0) is 22.7. The number of alkyl halides is 3. The van der Waals surface area contributed by atoms with Crippen molar-refractivity contribution in [3.05, 3.63) is 64.7 Å². The maximum absolute atomic E-state index is 12.5. The fourth-order valence-corrected chi connectivity index (χ4v) is 2.69. The second kappa shape index (κ2) is 8.61. The van der Waals surface area contributed by atoms with Crippen molar-refractivity contribution in [2.24, 2.45) is 0 Å². The van der Waals surface area contributed by atoms with Gasteiger partial charge in [0.25, 0.3) is 0 Å². The number of halogens is 3. The molecule has 2 rings (SSSR count). The van der Waals surface area contributed by atoms with Crippen LogP contribution in [0, 0.1) is 13.8 Å². The Morgan fingerprint density at radius 2 is 1.57 bits per heavy atom. The maximum Gasteiger partial charge on any atom is 0.573 e. The molecule has 0 unspecified atom stereocenters. The van der Waals surface area contributed by atoms with Crippen molar-refractivity contribution in [2.45, 2.75) is 39.7 Å². The molecule has 0 radical (unpaired) electrons. The summed E-state index contributed by atoms with van der Waals surface area (Å²) in [7, 11) is 0. The number of benzene rings is 2. The zero-order valence-corrected chi connectivity index (χ0v) is 16.8. The highest BCUT2D eigenvalue weighted by Crippen LogP contribution is 2.30. The highest BCUT2D eigenvalue weighted by Gasteiger charge is 2.33. The van der Waals surface area contributed by atoms with Crippen molar-refractivity contribution in [2.75, 3.05) is 0 Å². The normalized spacial score (nSPS) is 12.1. The molecule has 0 amide bonds. The molecule has 0 spiro atoms. The average molecular weight is 422 g/mol. The van der Waals surface area contributed by atoms with Crippen molar-refractivity contribution >= 4 is 17.8 Å². The van der Waals surface area contributed by atoms with E-state index in [1.54, 1.807) is 26.0 Å². The molecule has 160 valence electrons. The van der Waals surface area contributed by atoms with Crippen molar-refractivity contribution in [1.29, 1.82) is 0 Å². The Hall–Kier alpha value is -3.29. The van der Waals surface area contributed by atoms with Crippen molar-refractivity contribution in [3.63, 3.8) is 0 Å². The van der Waals surface area contributed by atoms with Crippen LogP contribution in [-0.2, 0) is 4.79 Å². The third kappa shape index (κ3) is 5.85. The molecule has 0 heterocycles. The van der Waals surface area contributed by atoms with E-state index in [-0.39, 0.29) is 5.56 Å². The van der Waals surface area contributed by atoms with Gasteiger partial charge in [-0.25, -0.2) is 4.79 Å². The molecular weight excluding hydrogens is 401 g/mol. The first-order chi connectivity index (χ1) is 13.8. The average Bonchev–Trinajstić information content (AvgIpc) is 2.61. The second-order valence-electron chi connectivity index (χ2n) is 7.14. The number of rotatable bonds is 7. The number of hydrogen-bond acceptors (Lipinski definition) is 4. The van der Waals surface area contributed by atoms with Crippen LogP contribution in [0.5, 0.6) is 11.5 Å². The first kappa shape index (κ1) is 23.0. The van der Waals surface area contributed by atoms with Crippen molar-refractivity contribution in [3.8, 4) is 11.5 Å². The van der Waals surface area contributed by atoms with Gasteiger partial charge >= 0.3 is 12.3 Å². The van der Waals surface area contributed by atoms with Crippen molar-refractivity contribution < 1.29 is 37.3 Å². The maximum atomic E-state index is 12.5. The highest BCUT2D eigenvalue weighted by atomic mass is 19.4. The Kier molecular flexibility index (Phi) is 6.60. The minimum atomic E-state index is -4.91. The first-order valence-electron chi connectivity index (χ1n) is 8.91. The van der Waals surface area contributed by atoms with Gasteiger partial charge in [-0.3, -0.25) is 4.79 Å². The lowest BCUT2D eigenvalue weighted by atomic mass is 10.0. The topological polar surface area (TPSA) is 72.8 Å². The van der Waals surface area contributed by atoms with Crippen LogP contribution in [0.1, 0.15) is 40.9 Å². The van der Waals surface area contributed by atoms with Crippen LogP contribution in [-0.4, -0.2) is 28.8 Å². The molecule has 0 saturated carbocycles.